The van der Waals surface area contributed by atoms with Crippen molar-refractivity contribution in [3.8, 4) is 5.75 Å². The Morgan fingerprint density at radius 1 is 1.21 bits per heavy atom. The number of nitrogens with zero attached hydrogens (tertiary/aromatic N) is 1. The van der Waals surface area contributed by atoms with E-state index in [1.165, 1.54) is 25.4 Å². The van der Waals surface area contributed by atoms with Crippen molar-refractivity contribution in [2.24, 2.45) is 0 Å². The lowest BCUT2D eigenvalue weighted by molar-refractivity contribution is 0.415. The topological polar surface area (TPSA) is 94.3 Å². The minimum Gasteiger partial charge on any atom is -0.497 e. The molecule has 0 bridgehead atoms. The first-order valence-electron chi connectivity index (χ1n) is 5.40. The highest BCUT2D eigenvalue weighted by molar-refractivity contribution is 7.92. The average molecular weight is 279 g/mol. The molecule has 2 aromatic rings. The van der Waals surface area contributed by atoms with Crippen molar-refractivity contribution in [1.29, 1.82) is 0 Å². The average Bonchev–Trinajstić information content (AvgIpc) is 2.39. The molecule has 0 aliphatic heterocycles. The Morgan fingerprint density at radius 2 is 1.89 bits per heavy atom. The van der Waals surface area contributed by atoms with E-state index in [9.17, 15) is 8.42 Å². The van der Waals surface area contributed by atoms with E-state index in [1.807, 2.05) is 0 Å². The van der Waals surface area contributed by atoms with Crippen LogP contribution in [0.3, 0.4) is 0 Å². The molecule has 100 valence electrons. The summed E-state index contributed by atoms with van der Waals surface area (Å²) in [5, 5.41) is 0. The van der Waals surface area contributed by atoms with Crippen LogP contribution in [-0.4, -0.2) is 20.5 Å². The molecule has 0 spiro atoms. The highest BCUT2D eigenvalue weighted by Crippen LogP contribution is 2.21. The van der Waals surface area contributed by atoms with Gasteiger partial charge in [-0.3, -0.25) is 4.72 Å². The lowest BCUT2D eigenvalue weighted by Crippen LogP contribution is -2.15. The second-order valence-electron chi connectivity index (χ2n) is 3.72. The van der Waals surface area contributed by atoms with Crippen LogP contribution in [0.1, 0.15) is 0 Å². The Hall–Kier alpha value is -2.28. The van der Waals surface area contributed by atoms with E-state index in [-0.39, 0.29) is 10.7 Å². The molecule has 0 saturated heterocycles. The number of hydrogen-bond acceptors (Lipinski definition) is 5. The fourth-order valence-electron chi connectivity index (χ4n) is 1.50. The first kappa shape index (κ1) is 13.2. The Morgan fingerprint density at radius 3 is 2.47 bits per heavy atom. The number of pyridine rings is 1. The summed E-state index contributed by atoms with van der Waals surface area (Å²) in [6, 6.07) is 9.42. The normalized spacial score (nSPS) is 11.0. The molecule has 0 amide bonds. The van der Waals surface area contributed by atoms with E-state index in [2.05, 4.69) is 9.71 Å². The Bertz CT molecular complexity index is 669. The van der Waals surface area contributed by atoms with Gasteiger partial charge in [-0.05, 0) is 36.4 Å². The van der Waals surface area contributed by atoms with Crippen LogP contribution < -0.4 is 15.2 Å². The summed E-state index contributed by atoms with van der Waals surface area (Å²) < 4.78 is 31.6. The Labute approximate surface area is 111 Å². The molecule has 0 fully saturated rings. The van der Waals surface area contributed by atoms with Gasteiger partial charge in [0.05, 0.1) is 7.11 Å². The number of aromatic nitrogens is 1. The molecule has 0 atom stereocenters. The van der Waals surface area contributed by atoms with Gasteiger partial charge >= 0.3 is 0 Å². The standard InChI is InChI=1S/C12H13N3O3S/c1-18-10-6-4-9(5-7-10)15-19(16,17)11-3-2-8-14-12(11)13/h2-8,15H,1H3,(H2,13,14). The fraction of sp³-hybridized carbons (Fsp3) is 0.0833. The van der Waals surface area contributed by atoms with Crippen molar-refractivity contribution in [1.82, 2.24) is 4.98 Å². The number of benzene rings is 1. The molecule has 2 rings (SSSR count). The highest BCUT2D eigenvalue weighted by Gasteiger charge is 2.17. The second kappa shape index (κ2) is 5.15. The molecular formula is C12H13N3O3S. The van der Waals surface area contributed by atoms with Crippen LogP contribution >= 0.6 is 0 Å². The highest BCUT2D eigenvalue weighted by atomic mass is 32.2. The largest absolute Gasteiger partial charge is 0.497 e. The van der Waals surface area contributed by atoms with Crippen LogP contribution in [0.4, 0.5) is 11.5 Å². The zero-order chi connectivity index (χ0) is 13.9. The SMILES string of the molecule is COc1ccc(NS(=O)(=O)c2cccnc2N)cc1. The van der Waals surface area contributed by atoms with Crippen molar-refractivity contribution >= 4 is 21.5 Å². The van der Waals surface area contributed by atoms with Gasteiger partial charge in [-0.25, -0.2) is 13.4 Å². The van der Waals surface area contributed by atoms with Gasteiger partial charge in [-0.2, -0.15) is 0 Å². The number of rotatable bonds is 4. The summed E-state index contributed by atoms with van der Waals surface area (Å²) in [5.74, 6) is 0.604. The molecule has 6 nitrogen and oxygen atoms in total. The molecule has 0 unspecified atom stereocenters. The van der Waals surface area contributed by atoms with Crippen LogP contribution in [0.2, 0.25) is 0 Å². The number of sulfonamides is 1. The molecule has 0 aliphatic rings. The number of methoxy groups -OCH3 is 1. The third-order valence-corrected chi connectivity index (χ3v) is 3.86. The van der Waals surface area contributed by atoms with Gasteiger partial charge in [0, 0.05) is 11.9 Å². The lowest BCUT2D eigenvalue weighted by atomic mass is 10.3. The summed E-state index contributed by atoms with van der Waals surface area (Å²) in [7, 11) is -2.20. The van der Waals surface area contributed by atoms with E-state index in [0.29, 0.717) is 11.4 Å². The monoisotopic (exact) mass is 279 g/mol. The van der Waals surface area contributed by atoms with Crippen LogP contribution in [0.25, 0.3) is 0 Å². The third-order valence-electron chi connectivity index (χ3n) is 2.43. The summed E-state index contributed by atoms with van der Waals surface area (Å²) in [6.45, 7) is 0. The van der Waals surface area contributed by atoms with Gasteiger partial charge in [-0.1, -0.05) is 0 Å². The molecule has 19 heavy (non-hydrogen) atoms. The van der Waals surface area contributed by atoms with Gasteiger partial charge in [0.15, 0.2) is 0 Å². The summed E-state index contributed by atoms with van der Waals surface area (Å²) in [4.78, 5) is 3.70. The quantitative estimate of drug-likeness (QED) is 0.883. The van der Waals surface area contributed by atoms with E-state index >= 15 is 0 Å². The van der Waals surface area contributed by atoms with Crippen LogP contribution in [0, 0.1) is 0 Å². The maximum Gasteiger partial charge on any atom is 0.265 e. The van der Waals surface area contributed by atoms with E-state index in [0.717, 1.165) is 0 Å². The number of ether oxygens (including phenoxy) is 1. The summed E-state index contributed by atoms with van der Waals surface area (Å²) >= 11 is 0. The van der Waals surface area contributed by atoms with Gasteiger partial charge < -0.3 is 10.5 Å². The first-order chi connectivity index (χ1) is 9.03. The Balaban J connectivity index is 2.28. The van der Waals surface area contributed by atoms with Gasteiger partial charge in [0.25, 0.3) is 10.0 Å². The number of nitrogens with two attached hydrogens (primary N) is 1. The molecule has 0 radical (unpaired) electrons. The van der Waals surface area contributed by atoms with Crippen molar-refractivity contribution < 1.29 is 13.2 Å². The number of anilines is 2. The lowest BCUT2D eigenvalue weighted by Gasteiger charge is -2.09. The Kier molecular flexibility index (Phi) is 3.57. The predicted octanol–water partition coefficient (Wildman–Crippen LogP) is 1.47. The second-order valence-corrected chi connectivity index (χ2v) is 5.37. The number of hydrogen-bond donors (Lipinski definition) is 2. The maximum atomic E-state index is 12.1. The molecule has 1 heterocycles. The minimum absolute atomic E-state index is 0.0384. The molecule has 0 aliphatic carbocycles. The molecule has 1 aromatic carbocycles. The van der Waals surface area contributed by atoms with Crippen LogP contribution in [0.15, 0.2) is 47.5 Å². The van der Waals surface area contributed by atoms with Gasteiger partial charge in [-0.15, -0.1) is 0 Å². The summed E-state index contributed by atoms with van der Waals surface area (Å²) in [5.41, 5.74) is 5.98. The third kappa shape index (κ3) is 2.94. The van der Waals surface area contributed by atoms with Crippen molar-refractivity contribution in [3.63, 3.8) is 0 Å². The van der Waals surface area contributed by atoms with E-state index in [4.69, 9.17) is 10.5 Å². The maximum absolute atomic E-state index is 12.1. The number of nitrogen functional groups attached to an aromatic ring is 1. The van der Waals surface area contributed by atoms with Crippen molar-refractivity contribution in [2.45, 2.75) is 4.90 Å². The zero-order valence-electron chi connectivity index (χ0n) is 10.2. The molecular weight excluding hydrogens is 266 g/mol. The minimum atomic E-state index is -3.74. The fourth-order valence-corrected chi connectivity index (χ4v) is 2.64. The van der Waals surface area contributed by atoms with Gasteiger partial charge in [0.1, 0.15) is 16.5 Å². The smallest absolute Gasteiger partial charge is 0.265 e. The van der Waals surface area contributed by atoms with Crippen LogP contribution in [0.5, 0.6) is 5.75 Å². The van der Waals surface area contributed by atoms with Gasteiger partial charge in [0.2, 0.25) is 0 Å². The first-order valence-corrected chi connectivity index (χ1v) is 6.88. The molecule has 0 saturated carbocycles. The van der Waals surface area contributed by atoms with Crippen LogP contribution in [-0.2, 0) is 10.0 Å². The molecule has 1 aromatic heterocycles. The van der Waals surface area contributed by atoms with E-state index < -0.39 is 10.0 Å². The van der Waals surface area contributed by atoms with E-state index in [1.54, 1.807) is 24.3 Å². The van der Waals surface area contributed by atoms with Crippen molar-refractivity contribution in [2.75, 3.05) is 17.6 Å². The zero-order valence-corrected chi connectivity index (χ0v) is 11.0. The van der Waals surface area contributed by atoms with Crippen molar-refractivity contribution in [3.05, 3.63) is 42.6 Å². The molecule has 7 heteroatoms. The molecule has 3 N–H and O–H groups in total. The summed E-state index contributed by atoms with van der Waals surface area (Å²) in [6.07, 6.45) is 1.43. The predicted molar refractivity (Wildman–Crippen MR) is 72.5 cm³/mol. The number of nitrogens with one attached hydrogen (secondary N) is 1.